The standard InChI is InChI=1S/C14H18ClNO2/c1-10(14(17)18)16-8-6-12(7-9-16)11-2-4-13(15)5-3-11/h2-5,10,12H,6-9H2,1H3,(H,17,18). The fraction of sp³-hybridized carbons (Fsp3) is 0.500. The molecule has 0 spiro atoms. The summed E-state index contributed by atoms with van der Waals surface area (Å²) in [4.78, 5) is 13.0. The summed E-state index contributed by atoms with van der Waals surface area (Å²) in [5.41, 5.74) is 1.31. The van der Waals surface area contributed by atoms with Crippen LogP contribution >= 0.6 is 11.6 Å². The van der Waals surface area contributed by atoms with E-state index >= 15 is 0 Å². The molecule has 0 aromatic heterocycles. The summed E-state index contributed by atoms with van der Waals surface area (Å²) >= 11 is 5.88. The van der Waals surface area contributed by atoms with E-state index in [-0.39, 0.29) is 6.04 Å². The highest BCUT2D eigenvalue weighted by Crippen LogP contribution is 2.29. The van der Waals surface area contributed by atoms with E-state index in [0.717, 1.165) is 31.0 Å². The van der Waals surface area contributed by atoms with Crippen LogP contribution in [-0.2, 0) is 4.79 Å². The van der Waals surface area contributed by atoms with Crippen molar-refractivity contribution < 1.29 is 9.90 Å². The van der Waals surface area contributed by atoms with Crippen molar-refractivity contribution in [2.45, 2.75) is 31.7 Å². The van der Waals surface area contributed by atoms with Crippen LogP contribution in [0.15, 0.2) is 24.3 Å². The first kappa shape index (κ1) is 13.4. The van der Waals surface area contributed by atoms with Crippen LogP contribution in [0.3, 0.4) is 0 Å². The van der Waals surface area contributed by atoms with Crippen molar-refractivity contribution in [3.05, 3.63) is 34.9 Å². The van der Waals surface area contributed by atoms with Gasteiger partial charge in [-0.3, -0.25) is 9.69 Å². The third-order valence-corrected chi connectivity index (χ3v) is 4.03. The Morgan fingerprint density at radius 3 is 2.39 bits per heavy atom. The first-order chi connectivity index (χ1) is 8.58. The maximum Gasteiger partial charge on any atom is 0.320 e. The maximum atomic E-state index is 10.9. The Hall–Kier alpha value is -1.06. The zero-order chi connectivity index (χ0) is 13.1. The second-order valence-electron chi connectivity index (χ2n) is 4.88. The van der Waals surface area contributed by atoms with Crippen LogP contribution in [0.25, 0.3) is 0 Å². The van der Waals surface area contributed by atoms with Gasteiger partial charge in [-0.2, -0.15) is 0 Å². The van der Waals surface area contributed by atoms with Gasteiger partial charge in [-0.25, -0.2) is 0 Å². The highest BCUT2D eigenvalue weighted by Gasteiger charge is 2.26. The fourth-order valence-corrected chi connectivity index (χ4v) is 2.64. The third kappa shape index (κ3) is 3.03. The number of aliphatic carboxylic acids is 1. The summed E-state index contributed by atoms with van der Waals surface area (Å²) in [5, 5.41) is 9.75. The van der Waals surface area contributed by atoms with Gasteiger partial charge in [-0.05, 0) is 56.5 Å². The van der Waals surface area contributed by atoms with Gasteiger partial charge >= 0.3 is 5.97 Å². The quantitative estimate of drug-likeness (QED) is 0.915. The summed E-state index contributed by atoms with van der Waals surface area (Å²) in [6.07, 6.45) is 2.03. The van der Waals surface area contributed by atoms with E-state index in [2.05, 4.69) is 12.1 Å². The predicted molar refractivity (Wildman–Crippen MR) is 72.1 cm³/mol. The number of benzene rings is 1. The third-order valence-electron chi connectivity index (χ3n) is 3.78. The minimum absolute atomic E-state index is 0.379. The number of rotatable bonds is 3. The maximum absolute atomic E-state index is 10.9. The SMILES string of the molecule is CC(C(=O)O)N1CCC(c2ccc(Cl)cc2)CC1. The van der Waals surface area contributed by atoms with E-state index in [1.54, 1.807) is 6.92 Å². The van der Waals surface area contributed by atoms with Gasteiger partial charge in [0.25, 0.3) is 0 Å². The number of piperidine rings is 1. The van der Waals surface area contributed by atoms with Crippen LogP contribution in [0.1, 0.15) is 31.2 Å². The van der Waals surface area contributed by atoms with Gasteiger partial charge < -0.3 is 5.11 Å². The van der Waals surface area contributed by atoms with Crippen molar-refractivity contribution in [2.24, 2.45) is 0 Å². The number of carboxylic acid groups (broad SMARTS) is 1. The summed E-state index contributed by atoms with van der Waals surface area (Å²) in [5.74, 6) is -0.209. The normalized spacial score (nSPS) is 19.7. The molecule has 0 saturated carbocycles. The Morgan fingerprint density at radius 2 is 1.89 bits per heavy atom. The molecule has 2 rings (SSSR count). The van der Waals surface area contributed by atoms with E-state index in [9.17, 15) is 4.79 Å². The van der Waals surface area contributed by atoms with Crippen LogP contribution in [-0.4, -0.2) is 35.1 Å². The molecule has 3 nitrogen and oxygen atoms in total. The number of hydrogen-bond acceptors (Lipinski definition) is 2. The van der Waals surface area contributed by atoms with E-state index in [1.807, 2.05) is 17.0 Å². The van der Waals surface area contributed by atoms with Crippen LogP contribution < -0.4 is 0 Å². The topological polar surface area (TPSA) is 40.5 Å². The second-order valence-corrected chi connectivity index (χ2v) is 5.31. The first-order valence-corrected chi connectivity index (χ1v) is 6.68. The summed E-state index contributed by atoms with van der Waals surface area (Å²) in [6, 6.07) is 7.61. The predicted octanol–water partition coefficient (Wildman–Crippen LogP) is 2.99. The number of carbonyl (C=O) groups is 1. The smallest absolute Gasteiger partial charge is 0.320 e. The fourth-order valence-electron chi connectivity index (χ4n) is 2.51. The van der Waals surface area contributed by atoms with Gasteiger partial charge in [0.2, 0.25) is 0 Å². The molecule has 0 bridgehead atoms. The van der Waals surface area contributed by atoms with E-state index in [0.29, 0.717) is 5.92 Å². The van der Waals surface area contributed by atoms with Crippen LogP contribution in [0.2, 0.25) is 5.02 Å². The lowest BCUT2D eigenvalue weighted by Crippen LogP contribution is -2.43. The van der Waals surface area contributed by atoms with Crippen molar-refractivity contribution in [3.8, 4) is 0 Å². The molecule has 4 heteroatoms. The molecule has 1 heterocycles. The van der Waals surface area contributed by atoms with Crippen LogP contribution in [0.5, 0.6) is 0 Å². The molecule has 1 fully saturated rings. The molecule has 1 atom stereocenters. The molecule has 0 amide bonds. The van der Waals surface area contributed by atoms with Gasteiger partial charge in [0.15, 0.2) is 0 Å². The molecule has 1 aliphatic rings. The monoisotopic (exact) mass is 267 g/mol. The van der Waals surface area contributed by atoms with Gasteiger partial charge in [-0.15, -0.1) is 0 Å². The zero-order valence-electron chi connectivity index (χ0n) is 10.5. The van der Waals surface area contributed by atoms with Crippen molar-refractivity contribution in [3.63, 3.8) is 0 Å². The number of halogens is 1. The minimum Gasteiger partial charge on any atom is -0.480 e. The first-order valence-electron chi connectivity index (χ1n) is 6.30. The highest BCUT2D eigenvalue weighted by atomic mass is 35.5. The molecule has 98 valence electrons. The molecule has 1 aromatic carbocycles. The van der Waals surface area contributed by atoms with Crippen molar-refractivity contribution in [2.75, 3.05) is 13.1 Å². The number of carboxylic acids is 1. The van der Waals surface area contributed by atoms with Gasteiger partial charge in [0.1, 0.15) is 6.04 Å². The molecule has 18 heavy (non-hydrogen) atoms. The Kier molecular flexibility index (Phi) is 4.25. The molecular weight excluding hydrogens is 250 g/mol. The van der Waals surface area contributed by atoms with Gasteiger partial charge in [0.05, 0.1) is 0 Å². The Morgan fingerprint density at radius 1 is 1.33 bits per heavy atom. The lowest BCUT2D eigenvalue weighted by atomic mass is 9.89. The van der Waals surface area contributed by atoms with Gasteiger partial charge in [-0.1, -0.05) is 23.7 Å². The zero-order valence-corrected chi connectivity index (χ0v) is 11.2. The molecule has 1 aliphatic heterocycles. The molecule has 1 N–H and O–H groups in total. The molecule has 1 aromatic rings. The van der Waals surface area contributed by atoms with Gasteiger partial charge in [0, 0.05) is 5.02 Å². The van der Waals surface area contributed by atoms with Crippen LogP contribution in [0, 0.1) is 0 Å². The van der Waals surface area contributed by atoms with E-state index < -0.39 is 5.97 Å². The average Bonchev–Trinajstić information content (AvgIpc) is 2.39. The lowest BCUT2D eigenvalue weighted by molar-refractivity contribution is -0.143. The van der Waals surface area contributed by atoms with Crippen molar-refractivity contribution >= 4 is 17.6 Å². The Bertz CT molecular complexity index is 410. The molecule has 1 unspecified atom stereocenters. The molecular formula is C14H18ClNO2. The summed E-state index contributed by atoms with van der Waals surface area (Å²) in [6.45, 7) is 3.45. The van der Waals surface area contributed by atoms with Crippen LogP contribution in [0.4, 0.5) is 0 Å². The number of likely N-dealkylation sites (tertiary alicyclic amines) is 1. The largest absolute Gasteiger partial charge is 0.480 e. The number of hydrogen-bond donors (Lipinski definition) is 1. The molecule has 1 saturated heterocycles. The van der Waals surface area contributed by atoms with E-state index in [1.165, 1.54) is 5.56 Å². The molecule has 0 aliphatic carbocycles. The summed E-state index contributed by atoms with van der Waals surface area (Å²) < 4.78 is 0. The second kappa shape index (κ2) is 5.72. The Labute approximate surface area is 112 Å². The number of nitrogens with zero attached hydrogens (tertiary/aromatic N) is 1. The highest BCUT2D eigenvalue weighted by molar-refractivity contribution is 6.30. The minimum atomic E-state index is -0.736. The summed E-state index contributed by atoms with van der Waals surface area (Å²) in [7, 11) is 0. The van der Waals surface area contributed by atoms with Crippen molar-refractivity contribution in [1.82, 2.24) is 4.90 Å². The average molecular weight is 268 g/mol. The Balaban J connectivity index is 1.94. The van der Waals surface area contributed by atoms with Crippen molar-refractivity contribution in [1.29, 1.82) is 0 Å². The van der Waals surface area contributed by atoms with E-state index in [4.69, 9.17) is 16.7 Å². The lowest BCUT2D eigenvalue weighted by Gasteiger charge is -2.34. The molecule has 0 radical (unpaired) electrons.